The molecule has 25 heavy (non-hydrogen) atoms. The molecule has 0 aliphatic carbocycles. The van der Waals surface area contributed by atoms with Gasteiger partial charge in [-0.25, -0.2) is 4.98 Å². The molecule has 2 heterocycles. The van der Waals surface area contributed by atoms with Crippen LogP contribution in [0.5, 0.6) is 0 Å². The Morgan fingerprint density at radius 3 is 2.56 bits per heavy atom. The number of carbonyl (C=O) groups is 2. The molecule has 0 bridgehead atoms. The van der Waals surface area contributed by atoms with Crippen LogP contribution in [0.3, 0.4) is 0 Å². The number of anilines is 2. The van der Waals surface area contributed by atoms with Gasteiger partial charge >= 0.3 is 0 Å². The van der Waals surface area contributed by atoms with E-state index in [-0.39, 0.29) is 17.5 Å². The summed E-state index contributed by atoms with van der Waals surface area (Å²) in [4.78, 5) is 32.2. The Hall–Kier alpha value is -3.55. The summed E-state index contributed by atoms with van der Waals surface area (Å²) in [5.74, 6) is -0.286. The van der Waals surface area contributed by atoms with Crippen molar-refractivity contribution in [1.82, 2.24) is 15.1 Å². The quantitative estimate of drug-likeness (QED) is 0.757. The topological polar surface area (TPSA) is 110 Å². The van der Waals surface area contributed by atoms with E-state index in [2.05, 4.69) is 25.8 Å². The molecule has 0 fully saturated rings. The zero-order valence-electron chi connectivity index (χ0n) is 13.6. The fourth-order valence-electron chi connectivity index (χ4n) is 2.15. The lowest BCUT2D eigenvalue weighted by atomic mass is 10.1. The van der Waals surface area contributed by atoms with Crippen LogP contribution in [0.25, 0.3) is 0 Å². The summed E-state index contributed by atoms with van der Waals surface area (Å²) in [6.07, 6.45) is 5.67. The molecule has 2 N–H and O–H groups in total. The minimum Gasteiger partial charge on any atom is -0.361 e. The highest BCUT2D eigenvalue weighted by Gasteiger charge is 2.15. The highest BCUT2D eigenvalue weighted by atomic mass is 16.5. The molecule has 0 radical (unpaired) electrons. The summed E-state index contributed by atoms with van der Waals surface area (Å²) >= 11 is 0. The van der Waals surface area contributed by atoms with Crippen molar-refractivity contribution in [2.24, 2.45) is 0 Å². The van der Waals surface area contributed by atoms with Crippen LogP contribution < -0.4 is 10.6 Å². The van der Waals surface area contributed by atoms with Gasteiger partial charge in [0, 0.05) is 23.8 Å². The minimum atomic E-state index is -0.385. The van der Waals surface area contributed by atoms with E-state index >= 15 is 0 Å². The first-order chi connectivity index (χ1) is 12.0. The maximum absolute atomic E-state index is 12.3. The normalized spacial score (nSPS) is 10.3. The number of hydrogen-bond donors (Lipinski definition) is 2. The molecule has 0 unspecified atom stereocenters. The van der Waals surface area contributed by atoms with Crippen molar-refractivity contribution in [2.75, 3.05) is 10.6 Å². The fourth-order valence-corrected chi connectivity index (χ4v) is 2.15. The SMILES string of the molecule is Cc1ccc(NC(=O)c2cnccn2)cc1NC(=O)c1cnoc1C. The van der Waals surface area contributed by atoms with Crippen molar-refractivity contribution in [1.29, 1.82) is 0 Å². The summed E-state index contributed by atoms with van der Waals surface area (Å²) in [5, 5.41) is 9.10. The van der Waals surface area contributed by atoms with Crippen LogP contribution in [0.15, 0.2) is 47.5 Å². The standard InChI is InChI=1S/C17H15N5O3/c1-10-3-4-12(21-17(24)15-9-18-5-6-19-15)7-14(10)22-16(23)13-8-20-25-11(13)2/h3-9H,1-2H3,(H,21,24)(H,22,23). The van der Waals surface area contributed by atoms with Gasteiger partial charge < -0.3 is 15.2 Å². The number of nitrogens with zero attached hydrogens (tertiary/aromatic N) is 3. The van der Waals surface area contributed by atoms with Gasteiger partial charge in [-0.3, -0.25) is 14.6 Å². The molecule has 0 spiro atoms. The Kier molecular flexibility index (Phi) is 4.51. The van der Waals surface area contributed by atoms with E-state index in [0.717, 1.165) is 5.56 Å². The first-order valence-corrected chi connectivity index (χ1v) is 7.45. The van der Waals surface area contributed by atoms with E-state index in [1.807, 2.05) is 6.92 Å². The first-order valence-electron chi connectivity index (χ1n) is 7.45. The van der Waals surface area contributed by atoms with Gasteiger partial charge in [0.25, 0.3) is 11.8 Å². The zero-order valence-corrected chi connectivity index (χ0v) is 13.6. The Morgan fingerprint density at radius 2 is 1.88 bits per heavy atom. The Balaban J connectivity index is 1.78. The molecule has 126 valence electrons. The molecule has 1 aromatic carbocycles. The van der Waals surface area contributed by atoms with E-state index in [1.165, 1.54) is 24.8 Å². The van der Waals surface area contributed by atoms with E-state index in [0.29, 0.717) is 22.7 Å². The van der Waals surface area contributed by atoms with Gasteiger partial charge in [0.1, 0.15) is 17.0 Å². The third kappa shape index (κ3) is 3.69. The maximum Gasteiger partial charge on any atom is 0.275 e. The summed E-state index contributed by atoms with van der Waals surface area (Å²) in [7, 11) is 0. The molecule has 2 amide bonds. The monoisotopic (exact) mass is 337 g/mol. The second-order valence-electron chi connectivity index (χ2n) is 5.32. The highest BCUT2D eigenvalue weighted by molar-refractivity contribution is 6.06. The predicted octanol–water partition coefficient (Wildman–Crippen LogP) is 2.59. The third-order valence-electron chi connectivity index (χ3n) is 3.53. The molecular formula is C17H15N5O3. The molecule has 8 nitrogen and oxygen atoms in total. The second kappa shape index (κ2) is 6.91. The van der Waals surface area contributed by atoms with Crippen molar-refractivity contribution in [3.05, 3.63) is 65.6 Å². The number of aryl methyl sites for hydroxylation is 2. The Morgan fingerprint density at radius 1 is 1.04 bits per heavy atom. The average molecular weight is 337 g/mol. The summed E-state index contributed by atoms with van der Waals surface area (Å²) in [5.41, 5.74) is 2.50. The highest BCUT2D eigenvalue weighted by Crippen LogP contribution is 2.22. The van der Waals surface area contributed by atoms with Crippen molar-refractivity contribution in [3.8, 4) is 0 Å². The summed E-state index contributed by atoms with van der Waals surface area (Å²) in [6.45, 7) is 3.51. The summed E-state index contributed by atoms with van der Waals surface area (Å²) in [6, 6.07) is 5.20. The minimum absolute atomic E-state index is 0.203. The summed E-state index contributed by atoms with van der Waals surface area (Å²) < 4.78 is 4.90. The van der Waals surface area contributed by atoms with Crippen molar-refractivity contribution >= 4 is 23.2 Å². The molecule has 2 aromatic heterocycles. The van der Waals surface area contributed by atoms with Crippen molar-refractivity contribution in [3.63, 3.8) is 0 Å². The largest absolute Gasteiger partial charge is 0.361 e. The molecule has 0 aliphatic rings. The third-order valence-corrected chi connectivity index (χ3v) is 3.53. The van der Waals surface area contributed by atoms with Crippen molar-refractivity contribution in [2.45, 2.75) is 13.8 Å². The number of aromatic nitrogens is 3. The smallest absolute Gasteiger partial charge is 0.275 e. The van der Waals surface area contributed by atoms with Crippen LogP contribution in [0.2, 0.25) is 0 Å². The fraction of sp³-hybridized carbons (Fsp3) is 0.118. The molecule has 3 aromatic rings. The lowest BCUT2D eigenvalue weighted by molar-refractivity contribution is 0.101. The second-order valence-corrected chi connectivity index (χ2v) is 5.32. The van der Waals surface area contributed by atoms with E-state index in [1.54, 1.807) is 25.1 Å². The molecule has 0 saturated carbocycles. The van der Waals surface area contributed by atoms with Gasteiger partial charge in [-0.1, -0.05) is 11.2 Å². The van der Waals surface area contributed by atoms with Gasteiger partial charge in [-0.15, -0.1) is 0 Å². The predicted molar refractivity (Wildman–Crippen MR) is 90.4 cm³/mol. The number of nitrogens with one attached hydrogen (secondary N) is 2. The van der Waals surface area contributed by atoms with Crippen LogP contribution >= 0.6 is 0 Å². The molecule has 0 atom stereocenters. The van der Waals surface area contributed by atoms with Gasteiger partial charge in [-0.2, -0.15) is 0 Å². The van der Waals surface area contributed by atoms with Crippen LogP contribution in [0.4, 0.5) is 11.4 Å². The molecular weight excluding hydrogens is 322 g/mol. The van der Waals surface area contributed by atoms with E-state index in [4.69, 9.17) is 4.52 Å². The van der Waals surface area contributed by atoms with Crippen molar-refractivity contribution < 1.29 is 14.1 Å². The van der Waals surface area contributed by atoms with Crippen LogP contribution in [0, 0.1) is 13.8 Å². The Labute approximate surface area is 143 Å². The molecule has 0 saturated heterocycles. The lowest BCUT2D eigenvalue weighted by Gasteiger charge is -2.11. The Bertz CT molecular complexity index is 921. The van der Waals surface area contributed by atoms with Gasteiger partial charge in [0.05, 0.1) is 12.4 Å². The number of rotatable bonds is 4. The van der Waals surface area contributed by atoms with Crippen LogP contribution in [0.1, 0.15) is 32.2 Å². The molecule has 3 rings (SSSR count). The van der Waals surface area contributed by atoms with Gasteiger partial charge in [0.15, 0.2) is 0 Å². The van der Waals surface area contributed by atoms with Crippen LogP contribution in [-0.2, 0) is 0 Å². The zero-order chi connectivity index (χ0) is 17.8. The number of hydrogen-bond acceptors (Lipinski definition) is 6. The molecule has 8 heteroatoms. The molecule has 0 aliphatic heterocycles. The number of benzene rings is 1. The van der Waals surface area contributed by atoms with E-state index < -0.39 is 0 Å². The first kappa shape index (κ1) is 16.3. The van der Waals surface area contributed by atoms with Crippen LogP contribution in [-0.4, -0.2) is 26.9 Å². The number of amides is 2. The average Bonchev–Trinajstić information content (AvgIpc) is 3.04. The van der Waals surface area contributed by atoms with Gasteiger partial charge in [-0.05, 0) is 31.5 Å². The van der Waals surface area contributed by atoms with E-state index in [9.17, 15) is 9.59 Å². The maximum atomic E-state index is 12.3. The lowest BCUT2D eigenvalue weighted by Crippen LogP contribution is -2.15. The van der Waals surface area contributed by atoms with Gasteiger partial charge in [0.2, 0.25) is 0 Å². The number of carbonyl (C=O) groups excluding carboxylic acids is 2.